The van der Waals surface area contributed by atoms with Crippen LogP contribution in [0, 0.1) is 11.3 Å². The van der Waals surface area contributed by atoms with E-state index < -0.39 is 0 Å². The third-order valence-corrected chi connectivity index (χ3v) is 6.01. The first-order chi connectivity index (χ1) is 18.3. The van der Waals surface area contributed by atoms with Crippen molar-refractivity contribution in [2.45, 2.75) is 0 Å². The van der Waals surface area contributed by atoms with E-state index in [-0.39, 0.29) is 5.91 Å². The van der Waals surface area contributed by atoms with E-state index in [4.69, 9.17) is 4.74 Å². The summed E-state index contributed by atoms with van der Waals surface area (Å²) in [5.41, 5.74) is 3.41. The van der Waals surface area contributed by atoms with E-state index in [1.807, 2.05) is 56.2 Å². The summed E-state index contributed by atoms with van der Waals surface area (Å²) in [6.45, 7) is 5.14. The Hall–Kier alpha value is -4.88. The molecule has 0 aliphatic rings. The van der Waals surface area contributed by atoms with Crippen LogP contribution in [0.5, 0.6) is 5.75 Å². The molecule has 2 aromatic heterocycles. The third kappa shape index (κ3) is 5.74. The second kappa shape index (κ2) is 11.5. The molecule has 0 fully saturated rings. The van der Waals surface area contributed by atoms with Gasteiger partial charge in [0.1, 0.15) is 11.6 Å². The molecule has 0 unspecified atom stereocenters. The summed E-state index contributed by atoms with van der Waals surface area (Å²) >= 11 is 0. The second-order valence-corrected chi connectivity index (χ2v) is 8.92. The Bertz CT molecular complexity index is 1520. The maximum Gasteiger partial charge on any atom is 0.247 e. The third-order valence-electron chi connectivity index (χ3n) is 6.01. The highest BCUT2D eigenvalue weighted by atomic mass is 16.5. The van der Waals surface area contributed by atoms with Crippen molar-refractivity contribution in [1.29, 1.82) is 5.26 Å². The molecule has 1 amide bonds. The summed E-state index contributed by atoms with van der Waals surface area (Å²) in [4.78, 5) is 25.4. The number of nitrogens with zero attached hydrogens (tertiary/aromatic N) is 6. The monoisotopic (exact) mass is 510 g/mol. The van der Waals surface area contributed by atoms with Crippen molar-refractivity contribution in [2.24, 2.45) is 0 Å². The zero-order valence-electron chi connectivity index (χ0n) is 21.9. The van der Waals surface area contributed by atoms with Crippen LogP contribution in [-0.2, 0) is 4.79 Å². The topological polar surface area (TPSA) is 111 Å². The normalized spacial score (nSPS) is 10.7. The van der Waals surface area contributed by atoms with Crippen molar-refractivity contribution in [1.82, 2.24) is 19.4 Å². The minimum atomic E-state index is -0.321. The molecule has 0 atom stereocenters. The van der Waals surface area contributed by atoms with Crippen molar-refractivity contribution in [3.05, 3.63) is 73.1 Å². The van der Waals surface area contributed by atoms with Gasteiger partial charge in [-0.05, 0) is 50.5 Å². The Morgan fingerprint density at radius 2 is 1.97 bits per heavy atom. The number of ether oxygens (including phenoxy) is 1. The molecule has 10 heteroatoms. The number of carbonyl (C=O) groups excluding carboxylic acids is 1. The average molecular weight is 511 g/mol. The van der Waals surface area contributed by atoms with E-state index in [1.54, 1.807) is 31.5 Å². The van der Waals surface area contributed by atoms with Crippen LogP contribution in [0.3, 0.4) is 0 Å². The predicted molar refractivity (Wildman–Crippen MR) is 151 cm³/mol. The molecular formula is C28H30N8O2. The van der Waals surface area contributed by atoms with E-state index in [1.165, 1.54) is 6.08 Å². The number of nitrogens with one attached hydrogen (secondary N) is 2. The highest BCUT2D eigenvalue weighted by Gasteiger charge is 2.17. The van der Waals surface area contributed by atoms with Crippen molar-refractivity contribution in [3.8, 4) is 17.6 Å². The van der Waals surface area contributed by atoms with E-state index >= 15 is 0 Å². The van der Waals surface area contributed by atoms with Gasteiger partial charge in [0.2, 0.25) is 11.9 Å². The van der Waals surface area contributed by atoms with E-state index in [0.717, 1.165) is 29.7 Å². The van der Waals surface area contributed by atoms with Gasteiger partial charge >= 0.3 is 0 Å². The number of hydrogen-bond donors (Lipinski definition) is 2. The second-order valence-electron chi connectivity index (χ2n) is 8.92. The van der Waals surface area contributed by atoms with Gasteiger partial charge in [0.25, 0.3) is 0 Å². The summed E-state index contributed by atoms with van der Waals surface area (Å²) < 4.78 is 7.58. The van der Waals surface area contributed by atoms with E-state index in [0.29, 0.717) is 34.5 Å². The predicted octanol–water partition coefficient (Wildman–Crippen LogP) is 4.17. The van der Waals surface area contributed by atoms with Crippen molar-refractivity contribution < 1.29 is 9.53 Å². The summed E-state index contributed by atoms with van der Waals surface area (Å²) in [6, 6.07) is 15.1. The van der Waals surface area contributed by atoms with Crippen LogP contribution >= 0.6 is 0 Å². The zero-order chi connectivity index (χ0) is 27.2. The van der Waals surface area contributed by atoms with Gasteiger partial charge in [-0.3, -0.25) is 4.79 Å². The smallest absolute Gasteiger partial charge is 0.247 e. The number of hydrogen-bond acceptors (Lipinski definition) is 8. The van der Waals surface area contributed by atoms with Crippen LogP contribution < -0.4 is 20.3 Å². The lowest BCUT2D eigenvalue weighted by Gasteiger charge is -2.26. The van der Waals surface area contributed by atoms with Crippen molar-refractivity contribution in [3.63, 3.8) is 0 Å². The van der Waals surface area contributed by atoms with Gasteiger partial charge in [-0.25, -0.2) is 4.98 Å². The Kier molecular flexibility index (Phi) is 7.89. The van der Waals surface area contributed by atoms with Crippen LogP contribution in [0.2, 0.25) is 0 Å². The molecule has 4 rings (SSSR count). The lowest BCUT2D eigenvalue weighted by molar-refractivity contribution is -0.111. The number of rotatable bonds is 10. The molecule has 0 radical (unpaired) electrons. The number of fused-ring (bicyclic) bond motifs is 1. The van der Waals surface area contributed by atoms with Crippen LogP contribution in [0.1, 0.15) is 5.56 Å². The summed E-state index contributed by atoms with van der Waals surface area (Å²) in [5.74, 6) is 1.21. The highest BCUT2D eigenvalue weighted by Crippen LogP contribution is 2.38. The number of likely N-dealkylation sites (N-methyl/N-ethyl adjacent to an activating group) is 2. The van der Waals surface area contributed by atoms with Crippen LogP contribution in [0.4, 0.5) is 23.0 Å². The number of methoxy groups -OCH3 is 1. The zero-order valence-corrected chi connectivity index (χ0v) is 21.9. The van der Waals surface area contributed by atoms with Gasteiger partial charge < -0.3 is 29.7 Å². The fourth-order valence-corrected chi connectivity index (χ4v) is 3.97. The van der Waals surface area contributed by atoms with Gasteiger partial charge in [0.05, 0.1) is 41.3 Å². The molecule has 0 saturated heterocycles. The van der Waals surface area contributed by atoms with Gasteiger partial charge in [0, 0.05) is 44.0 Å². The first kappa shape index (κ1) is 26.2. The molecule has 4 aromatic rings. The Morgan fingerprint density at radius 1 is 1.16 bits per heavy atom. The van der Waals surface area contributed by atoms with Crippen molar-refractivity contribution in [2.75, 3.05) is 56.9 Å². The summed E-state index contributed by atoms with van der Waals surface area (Å²) in [6.07, 6.45) is 4.79. The fraction of sp³-hybridized carbons (Fsp3) is 0.214. The van der Waals surface area contributed by atoms with E-state index in [9.17, 15) is 10.1 Å². The minimum Gasteiger partial charge on any atom is -0.494 e. The lowest BCUT2D eigenvalue weighted by Crippen LogP contribution is -2.29. The quantitative estimate of drug-likeness (QED) is 0.306. The maximum absolute atomic E-state index is 12.2. The van der Waals surface area contributed by atoms with E-state index in [2.05, 4.69) is 43.0 Å². The fourth-order valence-electron chi connectivity index (χ4n) is 3.97. The molecular weight excluding hydrogens is 480 g/mol. The molecule has 194 valence electrons. The first-order valence-electron chi connectivity index (χ1n) is 12.0. The summed E-state index contributed by atoms with van der Waals surface area (Å²) in [5, 5.41) is 16.4. The number of nitriles is 1. The largest absolute Gasteiger partial charge is 0.494 e. The first-order valence-corrected chi connectivity index (χ1v) is 12.0. The molecule has 0 bridgehead atoms. The number of benzene rings is 2. The van der Waals surface area contributed by atoms with Crippen LogP contribution in [0.15, 0.2) is 67.5 Å². The Morgan fingerprint density at radius 3 is 2.68 bits per heavy atom. The van der Waals surface area contributed by atoms with Crippen molar-refractivity contribution >= 4 is 39.8 Å². The molecule has 0 aliphatic heterocycles. The molecule has 10 nitrogen and oxygen atoms in total. The minimum absolute atomic E-state index is 0.321. The Labute approximate surface area is 221 Å². The SMILES string of the molecule is C=CC(=O)Nc1cc(Nc2nccc(-n3ccc4ccc(C#N)cc43)n2)c(OC)cc1N(C)CCN(C)C. The maximum atomic E-state index is 12.2. The lowest BCUT2D eigenvalue weighted by atomic mass is 10.2. The summed E-state index contributed by atoms with van der Waals surface area (Å²) in [7, 11) is 7.56. The van der Waals surface area contributed by atoms with Gasteiger partial charge in [-0.1, -0.05) is 12.6 Å². The van der Waals surface area contributed by atoms with Gasteiger partial charge in [-0.15, -0.1) is 0 Å². The highest BCUT2D eigenvalue weighted by molar-refractivity contribution is 6.02. The van der Waals surface area contributed by atoms with Crippen LogP contribution in [0.25, 0.3) is 16.7 Å². The number of aromatic nitrogens is 3. The van der Waals surface area contributed by atoms with Gasteiger partial charge in [-0.2, -0.15) is 10.2 Å². The number of carbonyl (C=O) groups is 1. The Balaban J connectivity index is 1.70. The number of amides is 1. The number of anilines is 4. The molecule has 0 aliphatic carbocycles. The molecule has 2 aromatic carbocycles. The average Bonchev–Trinajstić information content (AvgIpc) is 3.35. The van der Waals surface area contributed by atoms with Crippen LogP contribution in [-0.4, -0.2) is 66.7 Å². The molecule has 0 saturated carbocycles. The van der Waals surface area contributed by atoms with Gasteiger partial charge in [0.15, 0.2) is 0 Å². The molecule has 2 heterocycles. The molecule has 2 N–H and O–H groups in total. The standard InChI is InChI=1S/C28H30N8O2/c1-6-27(37)31-21-16-22(25(38-5)17-24(21)35(4)14-13-34(2)3)32-28-30-11-9-26(33-28)36-12-10-20-8-7-19(18-29)15-23(20)36/h6-12,15-17H,1,13-14H2,2-5H3,(H,31,37)(H,30,32,33). The molecule has 0 spiro atoms. The molecule has 38 heavy (non-hydrogen) atoms.